The van der Waals surface area contributed by atoms with Crippen LogP contribution in [-0.2, 0) is 5.60 Å². The van der Waals surface area contributed by atoms with Gasteiger partial charge >= 0.3 is 0 Å². The highest BCUT2D eigenvalue weighted by atomic mass is 16.5. The Hall–Kier alpha value is -2.93. The number of hydrogen-bond donors (Lipinski definition) is 1. The first-order chi connectivity index (χ1) is 13.4. The lowest BCUT2D eigenvalue weighted by Gasteiger charge is -2.33. The van der Waals surface area contributed by atoms with Gasteiger partial charge in [-0.2, -0.15) is 15.0 Å². The van der Waals surface area contributed by atoms with Crippen LogP contribution in [0.25, 0.3) is 10.8 Å². The van der Waals surface area contributed by atoms with Crippen molar-refractivity contribution >= 4 is 22.7 Å². The molecule has 0 atom stereocenters. The van der Waals surface area contributed by atoms with Crippen LogP contribution in [0.5, 0.6) is 5.75 Å². The molecule has 2 N–H and O–H groups in total. The monoisotopic (exact) mass is 378 g/mol. The fourth-order valence-electron chi connectivity index (χ4n) is 3.37. The molecular weight excluding hydrogens is 352 g/mol. The van der Waals surface area contributed by atoms with Crippen molar-refractivity contribution in [2.24, 2.45) is 0 Å². The van der Waals surface area contributed by atoms with Gasteiger partial charge < -0.3 is 20.3 Å². The number of hydrogen-bond acceptors (Lipinski definition) is 7. The number of ether oxygens (including phenoxy) is 1. The molecule has 1 aliphatic heterocycles. The minimum atomic E-state index is -0.749. The number of fused-ring (bicyclic) bond motifs is 1. The topological polar surface area (TPSA) is 80.4 Å². The lowest BCUT2D eigenvalue weighted by atomic mass is 10.1. The second-order valence-electron chi connectivity index (χ2n) is 7.73. The van der Waals surface area contributed by atoms with Crippen LogP contribution in [0.2, 0.25) is 0 Å². The van der Waals surface area contributed by atoms with E-state index in [1.165, 1.54) is 5.39 Å². The molecule has 1 aromatic heterocycles. The lowest BCUT2D eigenvalue weighted by Crippen LogP contribution is -2.45. The van der Waals surface area contributed by atoms with Crippen LogP contribution in [-0.4, -0.2) is 53.1 Å². The minimum absolute atomic E-state index is 0.217. The molecule has 2 heterocycles. The summed E-state index contributed by atoms with van der Waals surface area (Å²) in [7, 11) is 2.12. The summed E-state index contributed by atoms with van der Waals surface area (Å²) >= 11 is 0. The summed E-state index contributed by atoms with van der Waals surface area (Å²) in [5.41, 5.74) is 5.25. The van der Waals surface area contributed by atoms with E-state index in [4.69, 9.17) is 15.5 Å². The maximum Gasteiger partial charge on any atom is 0.230 e. The smallest absolute Gasteiger partial charge is 0.230 e. The SMILES string of the molecule is CN1CCN(c2nc(N)nc(C(C)(C)Oc3ccc4ccccc4c3)n2)CC1. The number of nitrogens with zero attached hydrogens (tertiary/aromatic N) is 5. The molecule has 146 valence electrons. The van der Waals surface area contributed by atoms with Gasteiger partial charge in [-0.05, 0) is 43.8 Å². The number of rotatable bonds is 4. The van der Waals surface area contributed by atoms with Gasteiger partial charge in [0.05, 0.1) is 0 Å². The van der Waals surface area contributed by atoms with Gasteiger partial charge in [0.15, 0.2) is 11.4 Å². The standard InChI is InChI=1S/C21H26N6O/c1-21(2,28-17-9-8-15-6-4-5-7-16(15)14-17)18-23-19(22)25-20(24-18)27-12-10-26(3)11-13-27/h4-9,14H,10-13H2,1-3H3,(H2,22,23,24,25). The fourth-order valence-corrected chi connectivity index (χ4v) is 3.37. The van der Waals surface area contributed by atoms with Gasteiger partial charge in [0.1, 0.15) is 5.75 Å². The molecule has 0 amide bonds. The van der Waals surface area contributed by atoms with E-state index in [-0.39, 0.29) is 5.95 Å². The van der Waals surface area contributed by atoms with E-state index in [0.717, 1.165) is 37.3 Å². The fraction of sp³-hybridized carbons (Fsp3) is 0.381. The van der Waals surface area contributed by atoms with E-state index in [2.05, 4.69) is 45.0 Å². The van der Waals surface area contributed by atoms with Gasteiger partial charge in [0, 0.05) is 26.2 Å². The highest BCUT2D eigenvalue weighted by Crippen LogP contribution is 2.29. The van der Waals surface area contributed by atoms with Crippen LogP contribution in [0.3, 0.4) is 0 Å². The van der Waals surface area contributed by atoms with Crippen molar-refractivity contribution in [1.29, 1.82) is 0 Å². The largest absolute Gasteiger partial charge is 0.480 e. The molecule has 7 heteroatoms. The number of nitrogen functional groups attached to an aromatic ring is 1. The molecule has 0 aliphatic carbocycles. The van der Waals surface area contributed by atoms with Gasteiger partial charge in [-0.1, -0.05) is 30.3 Å². The predicted molar refractivity (Wildman–Crippen MR) is 112 cm³/mol. The van der Waals surface area contributed by atoms with E-state index in [0.29, 0.717) is 11.8 Å². The molecule has 1 saturated heterocycles. The van der Waals surface area contributed by atoms with Gasteiger partial charge in [0.2, 0.25) is 11.9 Å². The first-order valence-corrected chi connectivity index (χ1v) is 9.54. The number of benzene rings is 2. The van der Waals surface area contributed by atoms with Crippen molar-refractivity contribution in [2.75, 3.05) is 43.9 Å². The van der Waals surface area contributed by atoms with E-state index in [1.807, 2.05) is 38.1 Å². The third-order valence-corrected chi connectivity index (χ3v) is 5.06. The van der Waals surface area contributed by atoms with Crippen molar-refractivity contribution in [2.45, 2.75) is 19.4 Å². The minimum Gasteiger partial charge on any atom is -0.480 e. The average molecular weight is 378 g/mol. The zero-order chi connectivity index (χ0) is 19.7. The van der Waals surface area contributed by atoms with E-state index in [9.17, 15) is 0 Å². The predicted octanol–water partition coefficient (Wildman–Crippen LogP) is 2.67. The van der Waals surface area contributed by atoms with Crippen LogP contribution in [0.15, 0.2) is 42.5 Å². The van der Waals surface area contributed by atoms with Gasteiger partial charge in [-0.15, -0.1) is 0 Å². The van der Waals surface area contributed by atoms with Crippen molar-refractivity contribution < 1.29 is 4.74 Å². The molecular formula is C21H26N6O. The van der Waals surface area contributed by atoms with Crippen molar-refractivity contribution in [3.8, 4) is 5.75 Å². The molecule has 2 aromatic carbocycles. The van der Waals surface area contributed by atoms with Crippen LogP contribution in [0, 0.1) is 0 Å². The Bertz CT molecular complexity index is 982. The number of likely N-dealkylation sites (N-methyl/N-ethyl adjacent to an activating group) is 1. The first kappa shape index (κ1) is 18.4. The van der Waals surface area contributed by atoms with Crippen LogP contribution < -0.4 is 15.4 Å². The normalized spacial score (nSPS) is 15.8. The molecule has 7 nitrogen and oxygen atoms in total. The molecule has 0 bridgehead atoms. The summed E-state index contributed by atoms with van der Waals surface area (Å²) in [5.74, 6) is 2.13. The summed E-state index contributed by atoms with van der Waals surface area (Å²) < 4.78 is 6.28. The van der Waals surface area contributed by atoms with Gasteiger partial charge in [-0.25, -0.2) is 0 Å². The average Bonchev–Trinajstić information content (AvgIpc) is 2.68. The Balaban J connectivity index is 1.60. The quantitative estimate of drug-likeness (QED) is 0.747. The molecule has 0 spiro atoms. The van der Waals surface area contributed by atoms with E-state index < -0.39 is 5.60 Å². The zero-order valence-electron chi connectivity index (χ0n) is 16.6. The van der Waals surface area contributed by atoms with Crippen LogP contribution in [0.4, 0.5) is 11.9 Å². The first-order valence-electron chi connectivity index (χ1n) is 9.54. The zero-order valence-corrected chi connectivity index (χ0v) is 16.6. The van der Waals surface area contributed by atoms with Gasteiger partial charge in [0.25, 0.3) is 0 Å². The second-order valence-corrected chi connectivity index (χ2v) is 7.73. The maximum absolute atomic E-state index is 6.28. The Kier molecular flexibility index (Phi) is 4.77. The van der Waals surface area contributed by atoms with Crippen LogP contribution >= 0.6 is 0 Å². The molecule has 4 rings (SSSR count). The molecule has 0 saturated carbocycles. The Morgan fingerprint density at radius 1 is 0.929 bits per heavy atom. The summed E-state index contributed by atoms with van der Waals surface area (Å²) in [5, 5.41) is 2.30. The van der Waals surface area contributed by atoms with E-state index >= 15 is 0 Å². The van der Waals surface area contributed by atoms with Crippen molar-refractivity contribution in [1.82, 2.24) is 19.9 Å². The number of aromatic nitrogens is 3. The molecule has 3 aromatic rings. The van der Waals surface area contributed by atoms with E-state index in [1.54, 1.807) is 0 Å². The maximum atomic E-state index is 6.28. The Morgan fingerprint density at radius 3 is 2.39 bits per heavy atom. The molecule has 0 radical (unpaired) electrons. The van der Waals surface area contributed by atoms with Crippen molar-refractivity contribution in [3.63, 3.8) is 0 Å². The lowest BCUT2D eigenvalue weighted by molar-refractivity contribution is 0.0986. The Morgan fingerprint density at radius 2 is 1.64 bits per heavy atom. The molecule has 28 heavy (non-hydrogen) atoms. The second kappa shape index (κ2) is 7.24. The van der Waals surface area contributed by atoms with Crippen LogP contribution in [0.1, 0.15) is 19.7 Å². The third kappa shape index (κ3) is 3.84. The molecule has 1 aliphatic rings. The molecule has 1 fully saturated rings. The summed E-state index contributed by atoms with van der Waals surface area (Å²) in [6.07, 6.45) is 0. The Labute approximate surface area is 165 Å². The highest BCUT2D eigenvalue weighted by Gasteiger charge is 2.29. The van der Waals surface area contributed by atoms with Crippen molar-refractivity contribution in [3.05, 3.63) is 48.3 Å². The number of piperazine rings is 1. The molecule has 0 unspecified atom stereocenters. The third-order valence-electron chi connectivity index (χ3n) is 5.06. The van der Waals surface area contributed by atoms with Gasteiger partial charge in [-0.3, -0.25) is 0 Å². The number of anilines is 2. The highest BCUT2D eigenvalue weighted by molar-refractivity contribution is 5.83. The summed E-state index contributed by atoms with van der Waals surface area (Å²) in [4.78, 5) is 17.8. The number of nitrogens with two attached hydrogens (primary N) is 1. The summed E-state index contributed by atoms with van der Waals surface area (Å²) in [6, 6.07) is 14.3. The summed E-state index contributed by atoms with van der Waals surface area (Å²) in [6.45, 7) is 7.57.